The number of aliphatic hydroxyl groups excluding tert-OH is 1. The molecule has 5 heteroatoms. The number of methoxy groups -OCH3 is 1. The van der Waals surface area contributed by atoms with Gasteiger partial charge in [-0.3, -0.25) is 4.79 Å². The number of hydrogen-bond acceptors (Lipinski definition) is 4. The fourth-order valence-corrected chi connectivity index (χ4v) is 1.80. The van der Waals surface area contributed by atoms with Crippen LogP contribution in [-0.2, 0) is 16.1 Å². The van der Waals surface area contributed by atoms with Crippen molar-refractivity contribution in [2.45, 2.75) is 19.1 Å². The van der Waals surface area contributed by atoms with E-state index in [1.54, 1.807) is 12.0 Å². The predicted molar refractivity (Wildman–Crippen MR) is 73.4 cm³/mol. The minimum absolute atomic E-state index is 0.0567. The Bertz CT molecular complexity index is 366. The third-order valence-corrected chi connectivity index (χ3v) is 2.94. The molecule has 0 spiro atoms. The summed E-state index contributed by atoms with van der Waals surface area (Å²) in [6.07, 6.45) is -0.0377. The summed E-state index contributed by atoms with van der Waals surface area (Å²) in [5.74, 6) is -0.0600. The Balaban J connectivity index is 2.63. The van der Waals surface area contributed by atoms with Crippen LogP contribution in [0.15, 0.2) is 30.3 Å². The number of benzene rings is 1. The van der Waals surface area contributed by atoms with Crippen molar-refractivity contribution in [3.63, 3.8) is 0 Å². The van der Waals surface area contributed by atoms with Crippen molar-refractivity contribution >= 4 is 5.91 Å². The molecule has 0 fully saturated rings. The number of aliphatic hydroxyl groups is 1. The maximum atomic E-state index is 12.1. The van der Waals surface area contributed by atoms with Crippen molar-refractivity contribution < 1.29 is 14.6 Å². The first-order valence-electron chi connectivity index (χ1n) is 6.36. The fourth-order valence-electron chi connectivity index (χ4n) is 1.80. The Morgan fingerprint density at radius 3 is 2.63 bits per heavy atom. The lowest BCUT2D eigenvalue weighted by molar-refractivity contribution is -0.134. The monoisotopic (exact) mass is 266 g/mol. The van der Waals surface area contributed by atoms with Gasteiger partial charge < -0.3 is 20.5 Å². The Kier molecular flexibility index (Phi) is 7.10. The largest absolute Gasteiger partial charge is 0.395 e. The van der Waals surface area contributed by atoms with Gasteiger partial charge in [0.15, 0.2) is 0 Å². The van der Waals surface area contributed by atoms with E-state index in [1.165, 1.54) is 0 Å². The van der Waals surface area contributed by atoms with E-state index in [1.807, 2.05) is 30.3 Å². The Labute approximate surface area is 114 Å². The molecule has 0 radical (unpaired) electrons. The average molecular weight is 266 g/mol. The number of carbonyl (C=O) groups is 1. The van der Waals surface area contributed by atoms with E-state index in [4.69, 9.17) is 15.6 Å². The molecule has 19 heavy (non-hydrogen) atoms. The summed E-state index contributed by atoms with van der Waals surface area (Å²) in [5, 5.41) is 9.06. The molecule has 0 bridgehead atoms. The number of carbonyl (C=O) groups excluding carboxylic acids is 1. The minimum Gasteiger partial charge on any atom is -0.395 e. The van der Waals surface area contributed by atoms with E-state index >= 15 is 0 Å². The molecule has 0 aromatic heterocycles. The summed E-state index contributed by atoms with van der Waals surface area (Å²) in [5.41, 5.74) is 6.55. The first kappa shape index (κ1) is 15.6. The highest BCUT2D eigenvalue weighted by Gasteiger charge is 2.18. The van der Waals surface area contributed by atoms with Gasteiger partial charge in [0.25, 0.3) is 0 Å². The zero-order valence-corrected chi connectivity index (χ0v) is 11.3. The first-order chi connectivity index (χ1) is 9.21. The molecule has 1 amide bonds. The van der Waals surface area contributed by atoms with Crippen LogP contribution in [0.2, 0.25) is 0 Å². The van der Waals surface area contributed by atoms with Crippen LogP contribution in [0.1, 0.15) is 12.0 Å². The van der Waals surface area contributed by atoms with Gasteiger partial charge >= 0.3 is 0 Å². The molecule has 0 heterocycles. The average Bonchev–Trinajstić information content (AvgIpc) is 2.45. The van der Waals surface area contributed by atoms with Crippen molar-refractivity contribution in [2.24, 2.45) is 5.73 Å². The van der Waals surface area contributed by atoms with Gasteiger partial charge in [-0.25, -0.2) is 0 Å². The second kappa shape index (κ2) is 8.63. The zero-order valence-electron chi connectivity index (χ0n) is 11.3. The lowest BCUT2D eigenvalue weighted by atomic mass is 10.2. The fraction of sp³-hybridized carbons (Fsp3) is 0.500. The van der Waals surface area contributed by atoms with Crippen LogP contribution in [0.5, 0.6) is 0 Å². The molecular formula is C14H22N2O3. The summed E-state index contributed by atoms with van der Waals surface area (Å²) < 4.78 is 5.11. The highest BCUT2D eigenvalue weighted by molar-refractivity contribution is 5.76. The molecule has 1 aromatic rings. The second-order valence-corrected chi connectivity index (χ2v) is 4.32. The third-order valence-electron chi connectivity index (χ3n) is 2.94. The van der Waals surface area contributed by atoms with Crippen LogP contribution in [0.3, 0.4) is 0 Å². The van der Waals surface area contributed by atoms with Crippen LogP contribution in [-0.4, -0.2) is 48.8 Å². The summed E-state index contributed by atoms with van der Waals surface area (Å²) in [7, 11) is 1.54. The zero-order chi connectivity index (χ0) is 14.1. The van der Waals surface area contributed by atoms with Crippen molar-refractivity contribution in [1.82, 2.24) is 4.90 Å². The van der Waals surface area contributed by atoms with Crippen molar-refractivity contribution in [1.29, 1.82) is 0 Å². The molecule has 1 aromatic carbocycles. The van der Waals surface area contributed by atoms with Gasteiger partial charge in [-0.15, -0.1) is 0 Å². The van der Waals surface area contributed by atoms with Gasteiger partial charge in [0.2, 0.25) is 5.91 Å². The maximum Gasteiger partial charge on any atom is 0.225 e. The van der Waals surface area contributed by atoms with Gasteiger partial charge in [-0.1, -0.05) is 30.3 Å². The standard InChI is InChI=1S/C14H22N2O3/c1-19-13(10-15)9-14(18)16(7-8-17)11-12-5-3-2-4-6-12/h2-6,13,17H,7-11,15H2,1H3. The second-order valence-electron chi connectivity index (χ2n) is 4.32. The molecule has 1 rings (SSSR count). The smallest absolute Gasteiger partial charge is 0.225 e. The van der Waals surface area contributed by atoms with Gasteiger partial charge in [-0.2, -0.15) is 0 Å². The van der Waals surface area contributed by atoms with Gasteiger partial charge in [0.05, 0.1) is 19.1 Å². The summed E-state index contributed by atoms with van der Waals surface area (Å²) in [6, 6.07) is 9.68. The van der Waals surface area contributed by atoms with E-state index in [0.29, 0.717) is 19.6 Å². The number of rotatable bonds is 8. The lowest BCUT2D eigenvalue weighted by Gasteiger charge is -2.24. The van der Waals surface area contributed by atoms with E-state index < -0.39 is 0 Å². The van der Waals surface area contributed by atoms with Crippen LogP contribution >= 0.6 is 0 Å². The molecule has 0 saturated heterocycles. The highest BCUT2D eigenvalue weighted by Crippen LogP contribution is 2.08. The number of ether oxygens (including phenoxy) is 1. The van der Waals surface area contributed by atoms with Crippen LogP contribution < -0.4 is 5.73 Å². The first-order valence-corrected chi connectivity index (χ1v) is 6.36. The lowest BCUT2D eigenvalue weighted by Crippen LogP contribution is -2.37. The topological polar surface area (TPSA) is 75.8 Å². The Hall–Kier alpha value is -1.43. The summed E-state index contributed by atoms with van der Waals surface area (Å²) >= 11 is 0. The maximum absolute atomic E-state index is 12.1. The molecule has 0 aliphatic rings. The predicted octanol–water partition coefficient (Wildman–Crippen LogP) is 0.371. The highest BCUT2D eigenvalue weighted by atomic mass is 16.5. The molecule has 5 nitrogen and oxygen atoms in total. The molecule has 0 aliphatic heterocycles. The molecule has 1 unspecified atom stereocenters. The van der Waals surface area contributed by atoms with Crippen molar-refractivity contribution in [2.75, 3.05) is 26.8 Å². The SMILES string of the molecule is COC(CN)CC(=O)N(CCO)Cc1ccccc1. The van der Waals surface area contributed by atoms with Crippen molar-refractivity contribution in [3.8, 4) is 0 Å². The number of nitrogens with two attached hydrogens (primary N) is 1. The molecule has 0 saturated carbocycles. The molecular weight excluding hydrogens is 244 g/mol. The molecule has 1 atom stereocenters. The third kappa shape index (κ3) is 5.38. The van der Waals surface area contributed by atoms with Crippen molar-refractivity contribution in [3.05, 3.63) is 35.9 Å². The summed E-state index contributed by atoms with van der Waals surface area (Å²) in [4.78, 5) is 13.8. The quantitative estimate of drug-likeness (QED) is 0.713. The summed E-state index contributed by atoms with van der Waals surface area (Å²) in [6.45, 7) is 1.05. The number of amides is 1. The van der Waals surface area contributed by atoms with Crippen LogP contribution in [0, 0.1) is 0 Å². The van der Waals surface area contributed by atoms with Gasteiger partial charge in [0, 0.05) is 26.7 Å². The number of hydrogen-bond donors (Lipinski definition) is 2. The van der Waals surface area contributed by atoms with Crippen LogP contribution in [0.4, 0.5) is 0 Å². The van der Waals surface area contributed by atoms with E-state index in [9.17, 15) is 4.79 Å². The minimum atomic E-state index is -0.274. The normalized spacial score (nSPS) is 12.2. The van der Waals surface area contributed by atoms with Gasteiger partial charge in [-0.05, 0) is 5.56 Å². The Morgan fingerprint density at radius 2 is 2.11 bits per heavy atom. The molecule has 0 aliphatic carbocycles. The molecule has 3 N–H and O–H groups in total. The Morgan fingerprint density at radius 1 is 1.42 bits per heavy atom. The van der Waals surface area contributed by atoms with E-state index in [-0.39, 0.29) is 25.0 Å². The van der Waals surface area contributed by atoms with E-state index in [2.05, 4.69) is 0 Å². The van der Waals surface area contributed by atoms with Crippen LogP contribution in [0.25, 0.3) is 0 Å². The van der Waals surface area contributed by atoms with E-state index in [0.717, 1.165) is 5.56 Å². The molecule has 106 valence electrons. The van der Waals surface area contributed by atoms with Gasteiger partial charge in [0.1, 0.15) is 0 Å². The number of nitrogens with zero attached hydrogens (tertiary/aromatic N) is 1.